The van der Waals surface area contributed by atoms with Crippen LogP contribution in [0.2, 0.25) is 0 Å². The number of carbonyl (C=O) groups is 1. The van der Waals surface area contributed by atoms with Crippen LogP contribution in [0.4, 0.5) is 5.82 Å². The lowest BCUT2D eigenvalue weighted by atomic mass is 9.92. The predicted octanol–water partition coefficient (Wildman–Crippen LogP) is 0.909. The fraction of sp³-hybridized carbons (Fsp3) is 0.611. The van der Waals surface area contributed by atoms with Crippen molar-refractivity contribution in [2.24, 2.45) is 5.73 Å². The Labute approximate surface area is 158 Å². The molecule has 2 aliphatic rings. The maximum atomic E-state index is 12.5. The highest BCUT2D eigenvalue weighted by molar-refractivity contribution is 5.92. The summed E-state index contributed by atoms with van der Waals surface area (Å²) in [6.07, 6.45) is 12.6. The number of anilines is 1. The van der Waals surface area contributed by atoms with Crippen molar-refractivity contribution in [2.75, 3.05) is 18.0 Å². The highest BCUT2D eigenvalue weighted by Gasteiger charge is 2.25. The zero-order chi connectivity index (χ0) is 18.6. The van der Waals surface area contributed by atoms with Gasteiger partial charge in [0.1, 0.15) is 5.82 Å². The molecule has 2 aromatic rings. The highest BCUT2D eigenvalue weighted by Crippen LogP contribution is 2.26. The van der Waals surface area contributed by atoms with Crippen molar-refractivity contribution in [2.45, 2.75) is 56.7 Å². The van der Waals surface area contributed by atoms with Gasteiger partial charge in [0.2, 0.25) is 0 Å². The van der Waals surface area contributed by atoms with Crippen LogP contribution in [-0.4, -0.2) is 56.0 Å². The number of aromatic nitrogens is 5. The third kappa shape index (κ3) is 4.24. The van der Waals surface area contributed by atoms with E-state index in [2.05, 4.69) is 30.5 Å². The van der Waals surface area contributed by atoms with Crippen molar-refractivity contribution in [1.29, 1.82) is 0 Å². The molecule has 27 heavy (non-hydrogen) atoms. The second-order valence-corrected chi connectivity index (χ2v) is 7.45. The fourth-order valence-electron chi connectivity index (χ4n) is 3.89. The highest BCUT2D eigenvalue weighted by atomic mass is 16.2. The molecule has 9 nitrogen and oxygen atoms in total. The lowest BCUT2D eigenvalue weighted by Crippen LogP contribution is -2.45. The van der Waals surface area contributed by atoms with Crippen LogP contribution in [0.25, 0.3) is 0 Å². The van der Waals surface area contributed by atoms with Gasteiger partial charge < -0.3 is 16.0 Å². The van der Waals surface area contributed by atoms with E-state index in [1.165, 1.54) is 0 Å². The van der Waals surface area contributed by atoms with E-state index >= 15 is 0 Å². The summed E-state index contributed by atoms with van der Waals surface area (Å²) in [5, 5.41) is 11.3. The molecule has 1 aliphatic heterocycles. The molecule has 3 N–H and O–H groups in total. The Morgan fingerprint density at radius 3 is 2.59 bits per heavy atom. The number of nitrogens with zero attached hydrogens (tertiary/aromatic N) is 6. The van der Waals surface area contributed by atoms with Gasteiger partial charge in [-0.1, -0.05) is 5.21 Å². The number of amides is 1. The van der Waals surface area contributed by atoms with Crippen LogP contribution in [0.3, 0.4) is 0 Å². The van der Waals surface area contributed by atoms with Crippen molar-refractivity contribution < 1.29 is 4.79 Å². The molecule has 0 bridgehead atoms. The summed E-state index contributed by atoms with van der Waals surface area (Å²) in [6.45, 7) is 1.69. The minimum absolute atomic E-state index is 0.142. The molecule has 1 saturated heterocycles. The summed E-state index contributed by atoms with van der Waals surface area (Å²) >= 11 is 0. The Balaban J connectivity index is 1.29. The monoisotopic (exact) mass is 370 g/mol. The minimum atomic E-state index is -0.147. The molecule has 0 radical (unpaired) electrons. The first-order valence-electron chi connectivity index (χ1n) is 9.68. The molecular weight excluding hydrogens is 344 g/mol. The Hall–Kier alpha value is -2.55. The molecule has 9 heteroatoms. The van der Waals surface area contributed by atoms with E-state index in [-0.39, 0.29) is 11.9 Å². The van der Waals surface area contributed by atoms with Crippen LogP contribution in [0.15, 0.2) is 24.8 Å². The third-order valence-corrected chi connectivity index (χ3v) is 5.56. The molecule has 2 fully saturated rings. The van der Waals surface area contributed by atoms with E-state index < -0.39 is 0 Å². The summed E-state index contributed by atoms with van der Waals surface area (Å²) in [5.74, 6) is 0.740. The average molecular weight is 370 g/mol. The zero-order valence-corrected chi connectivity index (χ0v) is 15.4. The van der Waals surface area contributed by atoms with E-state index in [4.69, 9.17) is 5.73 Å². The minimum Gasteiger partial charge on any atom is -0.355 e. The molecule has 0 aromatic carbocycles. The van der Waals surface area contributed by atoms with Crippen molar-refractivity contribution >= 4 is 11.7 Å². The van der Waals surface area contributed by atoms with Crippen LogP contribution in [0.5, 0.6) is 0 Å². The molecule has 1 saturated carbocycles. The van der Waals surface area contributed by atoms with Gasteiger partial charge in [-0.25, -0.2) is 9.67 Å². The second-order valence-electron chi connectivity index (χ2n) is 7.45. The summed E-state index contributed by atoms with van der Waals surface area (Å²) in [6, 6.07) is 0.734. The van der Waals surface area contributed by atoms with Gasteiger partial charge in [-0.2, -0.15) is 0 Å². The summed E-state index contributed by atoms with van der Waals surface area (Å²) in [4.78, 5) is 23.2. The predicted molar refractivity (Wildman–Crippen MR) is 100 cm³/mol. The molecule has 1 aliphatic carbocycles. The number of nitrogens with one attached hydrogen (secondary N) is 1. The quantitative estimate of drug-likeness (QED) is 0.822. The maximum absolute atomic E-state index is 12.5. The van der Waals surface area contributed by atoms with Crippen LogP contribution in [0.1, 0.15) is 55.1 Å². The van der Waals surface area contributed by atoms with E-state index in [0.717, 1.165) is 57.4 Å². The number of piperidine rings is 1. The van der Waals surface area contributed by atoms with E-state index in [9.17, 15) is 4.79 Å². The van der Waals surface area contributed by atoms with Gasteiger partial charge in [0.05, 0.1) is 18.4 Å². The van der Waals surface area contributed by atoms with Gasteiger partial charge in [0.15, 0.2) is 5.69 Å². The third-order valence-electron chi connectivity index (χ3n) is 5.56. The Morgan fingerprint density at radius 1 is 1.11 bits per heavy atom. The largest absolute Gasteiger partial charge is 0.355 e. The number of hydrogen-bond donors (Lipinski definition) is 2. The number of hydrogen-bond acceptors (Lipinski definition) is 7. The van der Waals surface area contributed by atoms with Gasteiger partial charge in [-0.05, 0) is 38.5 Å². The van der Waals surface area contributed by atoms with Crippen LogP contribution >= 0.6 is 0 Å². The first-order valence-corrected chi connectivity index (χ1v) is 9.68. The average Bonchev–Trinajstić information content (AvgIpc) is 3.20. The molecule has 0 spiro atoms. The Kier molecular flexibility index (Phi) is 5.28. The summed E-state index contributed by atoms with van der Waals surface area (Å²) in [7, 11) is 0. The molecule has 1 amide bonds. The molecule has 144 valence electrons. The van der Waals surface area contributed by atoms with Gasteiger partial charge in [-0.3, -0.25) is 9.78 Å². The van der Waals surface area contributed by atoms with E-state index in [0.29, 0.717) is 17.8 Å². The number of nitrogens with two attached hydrogens (primary N) is 1. The molecule has 3 heterocycles. The van der Waals surface area contributed by atoms with Crippen LogP contribution in [-0.2, 0) is 0 Å². The molecule has 0 unspecified atom stereocenters. The van der Waals surface area contributed by atoms with Gasteiger partial charge in [0, 0.05) is 37.6 Å². The SMILES string of the molecule is NC1CCC(n2cc(C(=O)NC3CCN(c4cnccn4)CC3)nn2)CC1. The Morgan fingerprint density at radius 2 is 1.89 bits per heavy atom. The second kappa shape index (κ2) is 7.99. The topological polar surface area (TPSA) is 115 Å². The molecular formula is C18H26N8O. The Bertz CT molecular complexity index is 748. The fourth-order valence-corrected chi connectivity index (χ4v) is 3.89. The van der Waals surface area contributed by atoms with E-state index in [1.807, 2.05) is 4.68 Å². The van der Waals surface area contributed by atoms with Gasteiger partial charge in [-0.15, -0.1) is 5.10 Å². The van der Waals surface area contributed by atoms with Crippen molar-refractivity contribution in [3.05, 3.63) is 30.5 Å². The number of carbonyl (C=O) groups excluding carboxylic acids is 1. The summed E-state index contributed by atoms with van der Waals surface area (Å²) < 4.78 is 1.83. The smallest absolute Gasteiger partial charge is 0.273 e. The van der Waals surface area contributed by atoms with Crippen LogP contribution < -0.4 is 16.0 Å². The lowest BCUT2D eigenvalue weighted by Gasteiger charge is -2.32. The van der Waals surface area contributed by atoms with Gasteiger partial charge in [0.25, 0.3) is 5.91 Å². The standard InChI is InChI=1S/C18H26N8O/c19-13-1-3-15(4-2-13)26-12-16(23-24-26)18(27)22-14-5-9-25(10-6-14)17-11-20-7-8-21-17/h7-8,11-15H,1-6,9-10,19H2,(H,22,27). The number of rotatable bonds is 4. The first-order chi connectivity index (χ1) is 13.2. The zero-order valence-electron chi connectivity index (χ0n) is 15.4. The molecule has 0 atom stereocenters. The van der Waals surface area contributed by atoms with Crippen LogP contribution in [0, 0.1) is 0 Å². The lowest BCUT2D eigenvalue weighted by molar-refractivity contribution is 0.0926. The summed E-state index contributed by atoms with van der Waals surface area (Å²) in [5.41, 5.74) is 6.35. The van der Waals surface area contributed by atoms with Gasteiger partial charge >= 0.3 is 0 Å². The normalized spacial score (nSPS) is 24.0. The van der Waals surface area contributed by atoms with Crippen molar-refractivity contribution in [1.82, 2.24) is 30.3 Å². The molecule has 2 aromatic heterocycles. The van der Waals surface area contributed by atoms with Crippen molar-refractivity contribution in [3.8, 4) is 0 Å². The maximum Gasteiger partial charge on any atom is 0.273 e. The van der Waals surface area contributed by atoms with E-state index in [1.54, 1.807) is 24.8 Å². The first kappa shape index (κ1) is 17.8. The van der Waals surface area contributed by atoms with Crippen molar-refractivity contribution in [3.63, 3.8) is 0 Å². The molecule has 4 rings (SSSR count).